The first-order valence-corrected chi connectivity index (χ1v) is 10.7. The van der Waals surface area contributed by atoms with Gasteiger partial charge in [0.05, 0.1) is 18.8 Å². The lowest BCUT2D eigenvalue weighted by atomic mass is 9.90. The van der Waals surface area contributed by atoms with E-state index in [2.05, 4.69) is 4.98 Å². The van der Waals surface area contributed by atoms with E-state index in [0.717, 1.165) is 31.2 Å². The summed E-state index contributed by atoms with van der Waals surface area (Å²) in [6.45, 7) is 0.815. The van der Waals surface area contributed by atoms with Crippen molar-refractivity contribution in [1.82, 2.24) is 9.88 Å². The third kappa shape index (κ3) is 4.21. The van der Waals surface area contributed by atoms with Gasteiger partial charge in [0.15, 0.2) is 12.3 Å². The van der Waals surface area contributed by atoms with Crippen LogP contribution in [0.15, 0.2) is 29.6 Å². The van der Waals surface area contributed by atoms with Crippen molar-refractivity contribution in [3.8, 4) is 10.6 Å². The summed E-state index contributed by atoms with van der Waals surface area (Å²) in [4.78, 5) is 31.1. The number of carbonyl (C=O) groups excluding carboxylic acids is 2. The molecule has 2 fully saturated rings. The molecule has 1 aliphatic heterocycles. The van der Waals surface area contributed by atoms with E-state index in [1.54, 1.807) is 17.5 Å². The van der Waals surface area contributed by atoms with Crippen molar-refractivity contribution in [2.75, 3.05) is 19.8 Å². The Balaban J connectivity index is 1.36. The first-order chi connectivity index (χ1) is 13.6. The molecule has 2 atom stereocenters. The Kier molecular flexibility index (Phi) is 5.94. The van der Waals surface area contributed by atoms with Crippen LogP contribution in [-0.4, -0.2) is 53.7 Å². The molecule has 0 unspecified atom stereocenters. The van der Waals surface area contributed by atoms with E-state index in [9.17, 15) is 9.59 Å². The number of aromatic nitrogens is 1. The summed E-state index contributed by atoms with van der Waals surface area (Å²) in [6.07, 6.45) is 4.27. The van der Waals surface area contributed by atoms with Gasteiger partial charge in [0.25, 0.3) is 5.91 Å². The number of ether oxygens (including phenoxy) is 2. The number of esters is 1. The van der Waals surface area contributed by atoms with Crippen LogP contribution >= 0.6 is 22.9 Å². The normalized spacial score (nSPS) is 21.8. The minimum atomic E-state index is -0.591. The minimum absolute atomic E-state index is 0.0995. The second kappa shape index (κ2) is 8.59. The van der Waals surface area contributed by atoms with Gasteiger partial charge < -0.3 is 14.4 Å². The molecule has 8 heteroatoms. The number of halogens is 1. The molecule has 6 nitrogen and oxygen atoms in total. The van der Waals surface area contributed by atoms with Crippen LogP contribution in [0.5, 0.6) is 0 Å². The molecule has 1 saturated carbocycles. The van der Waals surface area contributed by atoms with Crippen molar-refractivity contribution in [1.29, 1.82) is 0 Å². The van der Waals surface area contributed by atoms with Crippen LogP contribution in [-0.2, 0) is 14.3 Å². The predicted molar refractivity (Wildman–Crippen MR) is 107 cm³/mol. The van der Waals surface area contributed by atoms with Gasteiger partial charge in [-0.05, 0) is 25.0 Å². The molecule has 0 radical (unpaired) electrons. The van der Waals surface area contributed by atoms with Crippen LogP contribution in [0.1, 0.15) is 36.2 Å². The number of nitrogens with zero attached hydrogens (tertiary/aromatic N) is 2. The molecular weight excluding hydrogens is 400 g/mol. The molecule has 0 bridgehead atoms. The highest BCUT2D eigenvalue weighted by Crippen LogP contribution is 2.29. The lowest BCUT2D eigenvalue weighted by Gasteiger charge is -2.43. The van der Waals surface area contributed by atoms with Crippen molar-refractivity contribution in [2.24, 2.45) is 0 Å². The number of benzene rings is 1. The Bertz CT molecular complexity index is 869. The summed E-state index contributed by atoms with van der Waals surface area (Å²) < 4.78 is 11.0. The molecule has 2 heterocycles. The van der Waals surface area contributed by atoms with E-state index < -0.39 is 5.97 Å². The van der Waals surface area contributed by atoms with Crippen molar-refractivity contribution in [3.63, 3.8) is 0 Å². The highest BCUT2D eigenvalue weighted by molar-refractivity contribution is 7.13. The molecule has 0 N–H and O–H groups in total. The zero-order valence-corrected chi connectivity index (χ0v) is 16.9. The Morgan fingerprint density at radius 1 is 1.32 bits per heavy atom. The van der Waals surface area contributed by atoms with Crippen LogP contribution in [0.4, 0.5) is 0 Å². The summed E-state index contributed by atoms with van der Waals surface area (Å²) in [5.74, 6) is -0.759. The zero-order valence-electron chi connectivity index (χ0n) is 15.3. The van der Waals surface area contributed by atoms with Gasteiger partial charge in [-0.3, -0.25) is 4.79 Å². The average molecular weight is 421 g/mol. The standard InChI is InChI=1S/C20H21ClN2O4S/c21-14-5-3-4-13(10-14)19-22-15(12-28-19)20(25)27-11-18(24)23-8-9-26-17-7-2-1-6-16(17)23/h3-5,10,12,16-17H,1-2,6-9,11H2/t16-,17+/m0/s1. The molecule has 2 aromatic rings. The highest BCUT2D eigenvalue weighted by atomic mass is 35.5. The third-order valence-corrected chi connectivity index (χ3v) is 6.29. The molecule has 1 aromatic carbocycles. The van der Waals surface area contributed by atoms with Gasteiger partial charge in [0.1, 0.15) is 5.01 Å². The molecule has 1 amide bonds. The third-order valence-electron chi connectivity index (χ3n) is 5.16. The lowest BCUT2D eigenvalue weighted by molar-refractivity contribution is -0.152. The maximum absolute atomic E-state index is 12.6. The number of morpholine rings is 1. The largest absolute Gasteiger partial charge is 0.451 e. The van der Waals surface area contributed by atoms with E-state index in [0.29, 0.717) is 23.2 Å². The van der Waals surface area contributed by atoms with E-state index >= 15 is 0 Å². The SMILES string of the molecule is O=C(OCC(=O)N1CCO[C@@H]2CCCC[C@@H]21)c1csc(-c2cccc(Cl)c2)n1. The first-order valence-electron chi connectivity index (χ1n) is 9.41. The fourth-order valence-corrected chi connectivity index (χ4v) is 4.79. The van der Waals surface area contributed by atoms with Gasteiger partial charge in [-0.2, -0.15) is 0 Å². The number of hydrogen-bond donors (Lipinski definition) is 0. The van der Waals surface area contributed by atoms with Gasteiger partial charge in [-0.1, -0.05) is 36.6 Å². The smallest absolute Gasteiger partial charge is 0.358 e. The second-order valence-electron chi connectivity index (χ2n) is 6.97. The monoisotopic (exact) mass is 420 g/mol. The average Bonchev–Trinajstić information content (AvgIpc) is 3.22. The maximum atomic E-state index is 12.6. The zero-order chi connectivity index (χ0) is 19.5. The van der Waals surface area contributed by atoms with E-state index in [4.69, 9.17) is 21.1 Å². The van der Waals surface area contributed by atoms with Crippen molar-refractivity contribution in [3.05, 3.63) is 40.4 Å². The molecule has 0 spiro atoms. The Labute approximate surface area is 172 Å². The molecule has 1 saturated heterocycles. The summed E-state index contributed by atoms with van der Waals surface area (Å²) in [5, 5.41) is 2.92. The second-order valence-corrected chi connectivity index (χ2v) is 8.27. The van der Waals surface area contributed by atoms with Crippen LogP contribution in [0.2, 0.25) is 5.02 Å². The Morgan fingerprint density at radius 3 is 3.04 bits per heavy atom. The first kappa shape index (κ1) is 19.4. The number of amides is 1. The van der Waals surface area contributed by atoms with Crippen LogP contribution in [0.3, 0.4) is 0 Å². The molecule has 1 aliphatic carbocycles. The van der Waals surface area contributed by atoms with Crippen molar-refractivity contribution in [2.45, 2.75) is 37.8 Å². The molecule has 4 rings (SSSR count). The summed E-state index contributed by atoms with van der Waals surface area (Å²) >= 11 is 7.34. The fourth-order valence-electron chi connectivity index (χ4n) is 3.81. The van der Waals surface area contributed by atoms with Gasteiger partial charge in [0, 0.05) is 22.5 Å². The minimum Gasteiger partial charge on any atom is -0.451 e. The Morgan fingerprint density at radius 2 is 2.18 bits per heavy atom. The molecular formula is C20H21ClN2O4S. The van der Waals surface area contributed by atoms with E-state index in [1.165, 1.54) is 11.3 Å². The number of hydrogen-bond acceptors (Lipinski definition) is 6. The molecule has 2 aliphatic rings. The quantitative estimate of drug-likeness (QED) is 0.704. The van der Waals surface area contributed by atoms with Gasteiger partial charge in [-0.15, -0.1) is 11.3 Å². The highest BCUT2D eigenvalue weighted by Gasteiger charge is 2.36. The van der Waals surface area contributed by atoms with Crippen LogP contribution in [0.25, 0.3) is 10.6 Å². The number of fused-ring (bicyclic) bond motifs is 1. The summed E-state index contributed by atoms with van der Waals surface area (Å²) in [6, 6.07) is 7.38. The van der Waals surface area contributed by atoms with Crippen LogP contribution in [0, 0.1) is 0 Å². The summed E-state index contributed by atoms with van der Waals surface area (Å²) in [7, 11) is 0. The lowest BCUT2D eigenvalue weighted by Crippen LogP contribution is -2.55. The molecule has 1 aromatic heterocycles. The number of rotatable bonds is 4. The van der Waals surface area contributed by atoms with Gasteiger partial charge >= 0.3 is 5.97 Å². The Hall–Kier alpha value is -1.96. The molecule has 148 valence electrons. The van der Waals surface area contributed by atoms with Gasteiger partial charge in [0.2, 0.25) is 0 Å². The van der Waals surface area contributed by atoms with E-state index in [1.807, 2.05) is 17.0 Å². The maximum Gasteiger partial charge on any atom is 0.358 e. The van der Waals surface area contributed by atoms with Gasteiger partial charge in [-0.25, -0.2) is 9.78 Å². The van der Waals surface area contributed by atoms with Crippen molar-refractivity contribution < 1.29 is 19.1 Å². The predicted octanol–water partition coefficient (Wildman–Crippen LogP) is 3.79. The van der Waals surface area contributed by atoms with Crippen molar-refractivity contribution >= 4 is 34.8 Å². The number of carbonyl (C=O) groups is 2. The summed E-state index contributed by atoms with van der Waals surface area (Å²) in [5.41, 5.74) is 1.04. The van der Waals surface area contributed by atoms with E-state index in [-0.39, 0.29) is 30.4 Å². The molecule has 28 heavy (non-hydrogen) atoms. The fraction of sp³-hybridized carbons (Fsp3) is 0.450. The van der Waals surface area contributed by atoms with Crippen LogP contribution < -0.4 is 0 Å². The topological polar surface area (TPSA) is 68.7 Å². The number of thiazole rings is 1.